The molecule has 2 aromatic heterocycles. The van der Waals surface area contributed by atoms with Gasteiger partial charge in [0.2, 0.25) is 0 Å². The van der Waals surface area contributed by atoms with Crippen molar-refractivity contribution in [1.29, 1.82) is 0 Å². The number of thiophene rings is 1. The Kier molecular flexibility index (Phi) is 3.78. The molecule has 0 aromatic carbocycles. The van der Waals surface area contributed by atoms with Gasteiger partial charge in [0.25, 0.3) is 5.91 Å². The van der Waals surface area contributed by atoms with Crippen LogP contribution in [-0.4, -0.2) is 28.9 Å². The molecule has 4 rings (SSSR count). The van der Waals surface area contributed by atoms with E-state index in [0.29, 0.717) is 5.92 Å². The molecule has 0 bridgehead atoms. The van der Waals surface area contributed by atoms with Gasteiger partial charge in [0.15, 0.2) is 0 Å². The number of hydrogen-bond donors (Lipinski definition) is 0. The lowest BCUT2D eigenvalue weighted by atomic mass is 9.98. The van der Waals surface area contributed by atoms with E-state index in [1.165, 1.54) is 26.7 Å². The summed E-state index contributed by atoms with van der Waals surface area (Å²) in [6.07, 6.45) is 7.75. The first-order valence-electron chi connectivity index (χ1n) is 8.04. The Balaban J connectivity index is 1.50. The zero-order valence-corrected chi connectivity index (χ0v) is 14.4. The molecule has 0 radical (unpaired) electrons. The number of carbonyl (C=O) groups is 1. The molecule has 1 saturated heterocycles. The van der Waals surface area contributed by atoms with Crippen LogP contribution >= 0.6 is 22.7 Å². The third kappa shape index (κ3) is 2.61. The van der Waals surface area contributed by atoms with Crippen molar-refractivity contribution in [3.63, 3.8) is 0 Å². The molecule has 1 unspecified atom stereocenters. The van der Waals surface area contributed by atoms with Gasteiger partial charge in [0.1, 0.15) is 0 Å². The summed E-state index contributed by atoms with van der Waals surface area (Å²) >= 11 is 3.50. The van der Waals surface area contributed by atoms with Crippen LogP contribution in [0, 0.1) is 6.92 Å². The molecule has 3 nitrogen and oxygen atoms in total. The summed E-state index contributed by atoms with van der Waals surface area (Å²) < 4.78 is 0. The van der Waals surface area contributed by atoms with E-state index < -0.39 is 0 Å². The predicted molar refractivity (Wildman–Crippen MR) is 91.1 cm³/mol. The monoisotopic (exact) mass is 332 g/mol. The van der Waals surface area contributed by atoms with Crippen LogP contribution in [0.3, 0.4) is 0 Å². The Morgan fingerprint density at radius 2 is 2.23 bits per heavy atom. The average Bonchev–Trinajstić information content (AvgIpc) is 3.21. The molecule has 1 amide bonds. The number of aromatic nitrogens is 1. The molecule has 3 heterocycles. The molecule has 0 saturated carbocycles. The summed E-state index contributed by atoms with van der Waals surface area (Å²) in [6.45, 7) is 3.82. The van der Waals surface area contributed by atoms with Crippen LogP contribution in [-0.2, 0) is 12.8 Å². The fourth-order valence-electron chi connectivity index (χ4n) is 3.51. The Bertz CT molecular complexity index is 682. The molecular weight excluding hydrogens is 312 g/mol. The summed E-state index contributed by atoms with van der Waals surface area (Å²) in [6, 6.07) is 2.15. The van der Waals surface area contributed by atoms with Crippen molar-refractivity contribution in [3.8, 4) is 0 Å². The van der Waals surface area contributed by atoms with Gasteiger partial charge in [0, 0.05) is 35.0 Å². The Morgan fingerprint density at radius 1 is 1.32 bits per heavy atom. The van der Waals surface area contributed by atoms with Gasteiger partial charge in [-0.1, -0.05) is 0 Å². The number of rotatable bonds is 2. The van der Waals surface area contributed by atoms with E-state index in [2.05, 4.69) is 18.0 Å². The minimum Gasteiger partial charge on any atom is -0.337 e. The second-order valence-corrected chi connectivity index (χ2v) is 8.72. The van der Waals surface area contributed by atoms with Gasteiger partial charge in [-0.25, -0.2) is 4.98 Å². The molecule has 1 aliphatic heterocycles. The molecule has 1 aliphatic carbocycles. The highest BCUT2D eigenvalue weighted by molar-refractivity contribution is 7.14. The quantitative estimate of drug-likeness (QED) is 0.832. The molecule has 0 N–H and O–H groups in total. The molecule has 1 atom stereocenters. The highest BCUT2D eigenvalue weighted by Crippen LogP contribution is 2.34. The summed E-state index contributed by atoms with van der Waals surface area (Å²) in [5, 5.41) is 1.20. The van der Waals surface area contributed by atoms with E-state index in [1.54, 1.807) is 22.7 Å². The van der Waals surface area contributed by atoms with Crippen molar-refractivity contribution in [2.24, 2.45) is 0 Å². The van der Waals surface area contributed by atoms with Crippen LogP contribution in [0.2, 0.25) is 0 Å². The number of amides is 1. The number of aryl methyl sites for hydroxylation is 3. The van der Waals surface area contributed by atoms with Crippen LogP contribution < -0.4 is 0 Å². The standard InChI is InChI=1S/C17H20N2OS2/c1-11-9-18-16(21-11)13-5-3-7-19(10-13)17(20)15-8-12-4-2-6-14(12)22-15/h8-9,13H,2-7,10H2,1H3. The van der Waals surface area contributed by atoms with Crippen molar-refractivity contribution >= 4 is 28.6 Å². The van der Waals surface area contributed by atoms with E-state index in [4.69, 9.17) is 0 Å². The number of nitrogens with zero attached hydrogens (tertiary/aromatic N) is 2. The highest BCUT2D eigenvalue weighted by atomic mass is 32.1. The van der Waals surface area contributed by atoms with Crippen LogP contribution in [0.15, 0.2) is 12.3 Å². The number of carbonyl (C=O) groups excluding carboxylic acids is 1. The van der Waals surface area contributed by atoms with Crippen LogP contribution in [0.5, 0.6) is 0 Å². The van der Waals surface area contributed by atoms with Gasteiger partial charge in [-0.05, 0) is 50.7 Å². The van der Waals surface area contributed by atoms with E-state index in [-0.39, 0.29) is 5.91 Å². The summed E-state index contributed by atoms with van der Waals surface area (Å²) in [5.41, 5.74) is 1.41. The molecular formula is C17H20N2OS2. The van der Waals surface area contributed by atoms with Gasteiger partial charge < -0.3 is 4.90 Å². The Labute approximate surface area is 139 Å². The van der Waals surface area contributed by atoms with E-state index in [1.807, 2.05) is 11.1 Å². The number of likely N-dealkylation sites (tertiary alicyclic amines) is 1. The lowest BCUT2D eigenvalue weighted by Gasteiger charge is -2.31. The minimum atomic E-state index is 0.234. The second kappa shape index (κ2) is 5.78. The first kappa shape index (κ1) is 14.4. The van der Waals surface area contributed by atoms with E-state index in [0.717, 1.165) is 43.6 Å². The largest absolute Gasteiger partial charge is 0.337 e. The van der Waals surface area contributed by atoms with E-state index >= 15 is 0 Å². The third-order valence-corrected chi connectivity index (χ3v) is 6.95. The third-order valence-electron chi connectivity index (χ3n) is 4.65. The van der Waals surface area contributed by atoms with Crippen molar-refractivity contribution < 1.29 is 4.79 Å². The molecule has 2 aliphatic rings. The fraction of sp³-hybridized carbons (Fsp3) is 0.529. The van der Waals surface area contributed by atoms with Gasteiger partial charge in [0.05, 0.1) is 9.88 Å². The van der Waals surface area contributed by atoms with Crippen LogP contribution in [0.25, 0.3) is 0 Å². The highest BCUT2D eigenvalue weighted by Gasteiger charge is 2.29. The van der Waals surface area contributed by atoms with E-state index in [9.17, 15) is 4.79 Å². The van der Waals surface area contributed by atoms with Crippen LogP contribution in [0.1, 0.15) is 55.2 Å². The smallest absolute Gasteiger partial charge is 0.263 e. The number of hydrogen-bond acceptors (Lipinski definition) is 4. The van der Waals surface area contributed by atoms with Gasteiger partial charge >= 0.3 is 0 Å². The molecule has 2 aromatic rings. The Morgan fingerprint density at radius 3 is 3.00 bits per heavy atom. The van der Waals surface area contributed by atoms with Gasteiger partial charge in [-0.15, -0.1) is 22.7 Å². The normalized spacial score (nSPS) is 21.1. The van der Waals surface area contributed by atoms with Crippen LogP contribution in [0.4, 0.5) is 0 Å². The topological polar surface area (TPSA) is 33.2 Å². The molecule has 116 valence electrons. The number of fused-ring (bicyclic) bond motifs is 1. The molecule has 22 heavy (non-hydrogen) atoms. The molecule has 5 heteroatoms. The molecule has 1 fully saturated rings. The van der Waals surface area contributed by atoms with Crippen molar-refractivity contribution in [2.45, 2.75) is 44.9 Å². The summed E-state index contributed by atoms with van der Waals surface area (Å²) in [5.74, 6) is 0.653. The first-order chi connectivity index (χ1) is 10.7. The maximum absolute atomic E-state index is 12.8. The van der Waals surface area contributed by atoms with Crippen molar-refractivity contribution in [1.82, 2.24) is 9.88 Å². The maximum atomic E-state index is 12.8. The Hall–Kier alpha value is -1.20. The van der Waals surface area contributed by atoms with Crippen molar-refractivity contribution in [3.05, 3.63) is 37.5 Å². The zero-order chi connectivity index (χ0) is 15.1. The summed E-state index contributed by atoms with van der Waals surface area (Å²) in [4.78, 5) is 23.0. The SMILES string of the molecule is Cc1cnc(C2CCCN(C(=O)c3cc4c(s3)CCC4)C2)s1. The predicted octanol–water partition coefficient (Wildman–Crippen LogP) is 4.02. The fourth-order valence-corrected chi connectivity index (χ4v) is 5.64. The average molecular weight is 332 g/mol. The summed E-state index contributed by atoms with van der Waals surface area (Å²) in [7, 11) is 0. The minimum absolute atomic E-state index is 0.234. The first-order valence-corrected chi connectivity index (χ1v) is 9.67. The molecule has 0 spiro atoms. The lowest BCUT2D eigenvalue weighted by molar-refractivity contribution is 0.0712. The number of piperidine rings is 1. The zero-order valence-electron chi connectivity index (χ0n) is 12.8. The maximum Gasteiger partial charge on any atom is 0.263 e. The number of thiazole rings is 1. The van der Waals surface area contributed by atoms with Gasteiger partial charge in [-0.3, -0.25) is 4.79 Å². The van der Waals surface area contributed by atoms with Gasteiger partial charge in [-0.2, -0.15) is 0 Å². The lowest BCUT2D eigenvalue weighted by Crippen LogP contribution is -2.38. The van der Waals surface area contributed by atoms with Crippen molar-refractivity contribution in [2.75, 3.05) is 13.1 Å². The second-order valence-electron chi connectivity index (χ2n) is 6.31.